The van der Waals surface area contributed by atoms with Crippen molar-refractivity contribution in [3.63, 3.8) is 0 Å². The van der Waals surface area contributed by atoms with Crippen LogP contribution in [0.15, 0.2) is 52.8 Å². The Kier molecular flexibility index (Phi) is 9.63. The third-order valence-electron chi connectivity index (χ3n) is 11.2. The van der Waals surface area contributed by atoms with E-state index in [1.807, 2.05) is 24.4 Å². The van der Waals surface area contributed by atoms with E-state index < -0.39 is 73.0 Å². The van der Waals surface area contributed by atoms with E-state index in [2.05, 4.69) is 9.89 Å². The molecule has 8 rings (SSSR count). The molecule has 0 radical (unpaired) electrons. The number of ether oxygens (including phenoxy) is 7. The van der Waals surface area contributed by atoms with E-state index >= 15 is 0 Å². The van der Waals surface area contributed by atoms with Crippen molar-refractivity contribution in [3.8, 4) is 28.7 Å². The lowest BCUT2D eigenvalue weighted by atomic mass is 9.73. The van der Waals surface area contributed by atoms with Gasteiger partial charge in [0.25, 0.3) is 0 Å². The predicted molar refractivity (Wildman–Crippen MR) is 191 cm³/mol. The number of carbonyl (C=O) groups excluding carboxylic acids is 1. The number of aliphatic hydroxyl groups excluding tert-OH is 3. The number of aliphatic imine (C=N–C) groups is 1. The smallest absolute Gasteiger partial charge is 0.317 e. The highest BCUT2D eigenvalue weighted by Crippen LogP contribution is 2.64. The van der Waals surface area contributed by atoms with E-state index in [1.165, 1.54) is 0 Å². The number of carboxylic acids is 1. The van der Waals surface area contributed by atoms with Gasteiger partial charge in [-0.25, -0.2) is 0 Å². The highest BCUT2D eigenvalue weighted by atomic mass is 16.7. The van der Waals surface area contributed by atoms with Gasteiger partial charge in [0.1, 0.15) is 54.0 Å². The van der Waals surface area contributed by atoms with Crippen molar-refractivity contribution in [2.24, 2.45) is 16.5 Å². The fourth-order valence-corrected chi connectivity index (χ4v) is 8.80. The molecule has 294 valence electrons. The Morgan fingerprint density at radius 1 is 1.07 bits per heavy atom. The molecule has 5 heterocycles. The van der Waals surface area contributed by atoms with Gasteiger partial charge in [-0.2, -0.15) is 0 Å². The Morgan fingerprint density at radius 2 is 1.85 bits per heavy atom. The summed E-state index contributed by atoms with van der Waals surface area (Å²) in [6.45, 7) is 0.995. The summed E-state index contributed by atoms with van der Waals surface area (Å²) >= 11 is 0. The molecule has 55 heavy (non-hydrogen) atoms. The summed E-state index contributed by atoms with van der Waals surface area (Å²) in [6.07, 6.45) is -4.15. The summed E-state index contributed by atoms with van der Waals surface area (Å²) in [7, 11) is 3.16. The molecule has 8 unspecified atom stereocenters. The van der Waals surface area contributed by atoms with Crippen molar-refractivity contribution in [3.05, 3.63) is 64.5 Å². The second-order valence-corrected chi connectivity index (χ2v) is 14.7. The SMILES string of the molecule is COc1ccc2c(c1OC)OC1c3c(CN4C=C5N=CC=C5C4)cc(OC4OC(C(OC(=O)CC(=O)O)C(N)N)C(O)C(O)C4O)cc3OC3(CCCC3)C21. The van der Waals surface area contributed by atoms with Crippen LogP contribution in [-0.4, -0.2) is 113 Å². The molecular weight excluding hydrogens is 720 g/mol. The van der Waals surface area contributed by atoms with E-state index in [4.69, 9.17) is 49.7 Å². The van der Waals surface area contributed by atoms with Crippen molar-refractivity contribution < 1.29 is 63.2 Å². The molecule has 1 saturated carbocycles. The van der Waals surface area contributed by atoms with Crippen molar-refractivity contribution in [2.45, 2.75) is 99.2 Å². The number of fused-ring (bicyclic) bond motifs is 7. The molecule has 1 spiro atoms. The second kappa shape index (κ2) is 14.3. The number of rotatable bonds is 11. The monoisotopic (exact) mass is 764 g/mol. The highest BCUT2D eigenvalue weighted by molar-refractivity contribution is 5.90. The first-order valence-corrected chi connectivity index (χ1v) is 18.2. The minimum atomic E-state index is -1.86. The number of allylic oxidation sites excluding steroid dienone is 1. The number of benzene rings is 2. The summed E-state index contributed by atoms with van der Waals surface area (Å²) in [5, 5.41) is 42.0. The lowest BCUT2D eigenvalue weighted by molar-refractivity contribution is -0.291. The number of hydrogen-bond acceptors (Lipinski definition) is 16. The van der Waals surface area contributed by atoms with Crippen LogP contribution in [0, 0.1) is 0 Å². The lowest BCUT2D eigenvalue weighted by Gasteiger charge is -2.45. The van der Waals surface area contributed by atoms with Crippen LogP contribution in [0.5, 0.6) is 28.7 Å². The van der Waals surface area contributed by atoms with Crippen molar-refractivity contribution in [2.75, 3.05) is 20.8 Å². The minimum absolute atomic E-state index is 0.173. The topological polar surface area (TPSA) is 247 Å². The number of esters is 1. The number of hydrogen-bond donors (Lipinski definition) is 6. The van der Waals surface area contributed by atoms with E-state index in [0.717, 1.165) is 53.6 Å². The van der Waals surface area contributed by atoms with E-state index in [1.54, 1.807) is 32.6 Å². The fourth-order valence-electron chi connectivity index (χ4n) is 8.80. The number of aliphatic carboxylic acids is 1. The largest absolute Gasteiger partial charge is 0.493 e. The third-order valence-corrected chi connectivity index (χ3v) is 11.2. The number of aliphatic hydroxyl groups is 3. The summed E-state index contributed by atoms with van der Waals surface area (Å²) < 4.78 is 42.8. The van der Waals surface area contributed by atoms with Crippen LogP contribution in [0.1, 0.15) is 60.8 Å². The molecular formula is C38H44N4O13. The second-order valence-electron chi connectivity index (χ2n) is 14.7. The minimum Gasteiger partial charge on any atom is -0.493 e. The van der Waals surface area contributed by atoms with Gasteiger partial charge in [0.15, 0.2) is 17.6 Å². The maximum absolute atomic E-state index is 12.3. The molecule has 2 fully saturated rings. The van der Waals surface area contributed by atoms with Gasteiger partial charge in [0.05, 0.1) is 32.0 Å². The molecule has 0 aromatic heterocycles. The summed E-state index contributed by atoms with van der Waals surface area (Å²) in [5.74, 6) is -0.497. The van der Waals surface area contributed by atoms with Gasteiger partial charge in [-0.15, -0.1) is 0 Å². The van der Waals surface area contributed by atoms with Crippen LogP contribution in [0.2, 0.25) is 0 Å². The number of carboxylic acid groups (broad SMARTS) is 1. The Bertz CT molecular complexity index is 1960. The molecule has 0 bridgehead atoms. The molecule has 17 nitrogen and oxygen atoms in total. The van der Waals surface area contributed by atoms with Gasteiger partial charge in [-0.05, 0) is 49.5 Å². The number of carbonyl (C=O) groups is 2. The molecule has 0 amide bonds. The van der Waals surface area contributed by atoms with E-state index in [-0.39, 0.29) is 11.7 Å². The maximum atomic E-state index is 12.3. The van der Waals surface area contributed by atoms with Crippen LogP contribution < -0.4 is 35.2 Å². The van der Waals surface area contributed by atoms with Gasteiger partial charge in [-0.1, -0.05) is 6.07 Å². The average molecular weight is 765 g/mol. The average Bonchev–Trinajstić information content (AvgIpc) is 3.94. The van der Waals surface area contributed by atoms with Crippen LogP contribution in [-0.2, 0) is 25.6 Å². The molecule has 6 aliphatic rings. The molecule has 2 aromatic rings. The first-order valence-electron chi connectivity index (χ1n) is 18.2. The summed E-state index contributed by atoms with van der Waals surface area (Å²) in [4.78, 5) is 30.0. The molecule has 8 atom stereocenters. The molecule has 17 heteroatoms. The highest BCUT2D eigenvalue weighted by Gasteiger charge is 2.58. The zero-order valence-corrected chi connectivity index (χ0v) is 30.2. The standard InChI is InChI=1S/C38H44N4O13/c1-49-22-6-5-20-27-33(53-31(20)32(22)50-2)26-18(15-42-14-17-7-10-41-21(17)16-42)11-19(12-23(26)55-38(27)8-3-4-9-38)51-37-30(48)28(46)29(47)34(54-37)35(36(39)40)52-25(45)13-24(43)44/h5-7,10-12,16,27-30,33-37,46-48H,3-4,8-9,13-15,39-40H2,1-2H3,(H,43,44). The lowest BCUT2D eigenvalue weighted by Crippen LogP contribution is -2.66. The van der Waals surface area contributed by atoms with Gasteiger partial charge in [0, 0.05) is 48.3 Å². The van der Waals surface area contributed by atoms with Crippen LogP contribution >= 0.6 is 0 Å². The zero-order valence-electron chi connectivity index (χ0n) is 30.2. The van der Waals surface area contributed by atoms with Gasteiger partial charge in [-0.3, -0.25) is 14.6 Å². The van der Waals surface area contributed by atoms with Gasteiger partial charge >= 0.3 is 11.9 Å². The Hall–Kier alpha value is -4.91. The number of methoxy groups -OCH3 is 2. The Morgan fingerprint density at radius 3 is 2.55 bits per heavy atom. The number of nitrogens with zero attached hydrogens (tertiary/aromatic N) is 2. The summed E-state index contributed by atoms with van der Waals surface area (Å²) in [5.41, 5.74) is 15.6. The number of nitrogens with two attached hydrogens (primary N) is 2. The Labute approximate surface area is 315 Å². The van der Waals surface area contributed by atoms with E-state index in [0.29, 0.717) is 36.1 Å². The van der Waals surface area contributed by atoms with Crippen molar-refractivity contribution >= 4 is 18.2 Å². The van der Waals surface area contributed by atoms with Crippen molar-refractivity contribution in [1.82, 2.24) is 4.90 Å². The molecule has 1 aliphatic carbocycles. The zero-order chi connectivity index (χ0) is 38.8. The van der Waals surface area contributed by atoms with Crippen LogP contribution in [0.25, 0.3) is 0 Å². The molecule has 5 aliphatic heterocycles. The maximum Gasteiger partial charge on any atom is 0.317 e. The van der Waals surface area contributed by atoms with Crippen LogP contribution in [0.4, 0.5) is 0 Å². The first-order chi connectivity index (χ1) is 26.4. The van der Waals surface area contributed by atoms with Crippen molar-refractivity contribution in [1.29, 1.82) is 0 Å². The quantitative estimate of drug-likeness (QED) is 0.107. The predicted octanol–water partition coefficient (Wildman–Crippen LogP) is 1.11. The summed E-state index contributed by atoms with van der Waals surface area (Å²) in [6, 6.07) is 7.36. The normalized spacial score (nSPS) is 28.7. The van der Waals surface area contributed by atoms with Gasteiger partial charge in [0.2, 0.25) is 12.0 Å². The van der Waals surface area contributed by atoms with E-state index in [9.17, 15) is 24.9 Å². The van der Waals surface area contributed by atoms with Crippen LogP contribution in [0.3, 0.4) is 0 Å². The Balaban J connectivity index is 1.18. The first kappa shape index (κ1) is 37.0. The molecule has 2 aromatic carbocycles. The van der Waals surface area contributed by atoms with Gasteiger partial charge < -0.3 is 70.0 Å². The molecule has 1 saturated heterocycles. The third kappa shape index (κ3) is 6.43. The molecule has 8 N–H and O–H groups in total. The fraction of sp³-hybridized carbons (Fsp3) is 0.500.